The zero-order valence-corrected chi connectivity index (χ0v) is 13.6. The molecule has 1 aromatic heterocycles. The minimum absolute atomic E-state index is 0.521. The molecule has 118 valence electrons. The molecule has 2 heterocycles. The number of piperidine rings is 1. The lowest BCUT2D eigenvalue weighted by Gasteiger charge is -2.35. The maximum atomic E-state index is 4.38. The molecule has 3 rings (SSSR count). The van der Waals surface area contributed by atoms with Crippen molar-refractivity contribution in [2.75, 3.05) is 20.6 Å². The first-order valence-corrected chi connectivity index (χ1v) is 8.18. The van der Waals surface area contributed by atoms with Gasteiger partial charge in [-0.15, -0.1) is 0 Å². The Labute approximate surface area is 133 Å². The molecule has 2 aromatic rings. The molecule has 4 heteroatoms. The largest absolute Gasteiger partial charge is 0.348 e. The number of imidazole rings is 1. The minimum Gasteiger partial charge on any atom is -0.348 e. The van der Waals surface area contributed by atoms with Gasteiger partial charge in [0.1, 0.15) is 5.82 Å². The van der Waals surface area contributed by atoms with Gasteiger partial charge in [-0.1, -0.05) is 30.7 Å². The molecule has 0 radical (unpaired) electrons. The van der Waals surface area contributed by atoms with E-state index in [0.29, 0.717) is 6.04 Å². The van der Waals surface area contributed by atoms with Gasteiger partial charge in [-0.05, 0) is 44.6 Å². The van der Waals surface area contributed by atoms with Crippen LogP contribution in [0.3, 0.4) is 0 Å². The summed E-state index contributed by atoms with van der Waals surface area (Å²) in [6.45, 7) is 3.07. The Bertz CT molecular complexity index is 559. The summed E-state index contributed by atoms with van der Waals surface area (Å²) in [4.78, 5) is 12.4. The first-order chi connectivity index (χ1) is 10.7. The highest BCUT2D eigenvalue weighted by Gasteiger charge is 2.24. The van der Waals surface area contributed by atoms with E-state index in [2.05, 4.69) is 58.1 Å². The molecule has 1 aromatic carbocycles. The molecule has 1 atom stereocenters. The standard InChI is InChI=1S/C18H26N4/c1-21(2)13-15-6-8-16(9-7-15)17-5-3-4-12-22(17)14-18-19-10-11-20-18/h6-11,17H,3-5,12-14H2,1-2H3,(H,19,20)/t17-/m1/s1. The van der Waals surface area contributed by atoms with Crippen LogP contribution in [-0.2, 0) is 13.1 Å². The number of aromatic amines is 1. The first kappa shape index (κ1) is 15.3. The molecule has 1 aliphatic rings. The molecule has 0 bridgehead atoms. The Morgan fingerprint density at radius 2 is 2.05 bits per heavy atom. The van der Waals surface area contributed by atoms with Crippen LogP contribution >= 0.6 is 0 Å². The number of aromatic nitrogens is 2. The molecule has 0 saturated carbocycles. The number of nitrogens with zero attached hydrogens (tertiary/aromatic N) is 3. The van der Waals surface area contributed by atoms with E-state index in [-0.39, 0.29) is 0 Å². The Hall–Kier alpha value is -1.65. The van der Waals surface area contributed by atoms with Crippen molar-refractivity contribution in [3.05, 3.63) is 53.6 Å². The maximum absolute atomic E-state index is 4.38. The predicted molar refractivity (Wildman–Crippen MR) is 89.4 cm³/mol. The second kappa shape index (κ2) is 7.07. The summed E-state index contributed by atoms with van der Waals surface area (Å²) in [5, 5.41) is 0. The van der Waals surface area contributed by atoms with Crippen molar-refractivity contribution < 1.29 is 0 Å². The van der Waals surface area contributed by atoms with E-state index in [1.54, 1.807) is 0 Å². The molecular formula is C18H26N4. The average molecular weight is 298 g/mol. The number of nitrogens with one attached hydrogen (secondary N) is 1. The SMILES string of the molecule is CN(C)Cc1ccc([C@H]2CCCCN2Cc2ncc[nH]2)cc1. The second-order valence-electron chi connectivity index (χ2n) is 6.50. The van der Waals surface area contributed by atoms with Crippen molar-refractivity contribution in [1.29, 1.82) is 0 Å². The van der Waals surface area contributed by atoms with Crippen LogP contribution in [0.2, 0.25) is 0 Å². The molecule has 0 amide bonds. The molecule has 1 aliphatic heterocycles. The van der Waals surface area contributed by atoms with Gasteiger partial charge in [-0.2, -0.15) is 0 Å². The van der Waals surface area contributed by atoms with E-state index < -0.39 is 0 Å². The number of H-pyrrole nitrogens is 1. The normalized spacial score (nSPS) is 19.7. The molecule has 0 aliphatic carbocycles. The van der Waals surface area contributed by atoms with E-state index in [0.717, 1.165) is 25.5 Å². The summed E-state index contributed by atoms with van der Waals surface area (Å²) in [6.07, 6.45) is 7.59. The number of hydrogen-bond donors (Lipinski definition) is 1. The maximum Gasteiger partial charge on any atom is 0.120 e. The summed E-state index contributed by atoms with van der Waals surface area (Å²) in [7, 11) is 4.22. The fourth-order valence-electron chi connectivity index (χ4n) is 3.34. The van der Waals surface area contributed by atoms with Gasteiger partial charge < -0.3 is 9.88 Å². The van der Waals surface area contributed by atoms with Crippen LogP contribution in [0.5, 0.6) is 0 Å². The smallest absolute Gasteiger partial charge is 0.120 e. The Morgan fingerprint density at radius 1 is 1.23 bits per heavy atom. The van der Waals surface area contributed by atoms with Crippen molar-refractivity contribution in [2.24, 2.45) is 0 Å². The summed E-state index contributed by atoms with van der Waals surface area (Å²) >= 11 is 0. The highest BCUT2D eigenvalue weighted by Crippen LogP contribution is 2.31. The van der Waals surface area contributed by atoms with Gasteiger partial charge in [0.15, 0.2) is 0 Å². The van der Waals surface area contributed by atoms with Crippen molar-refractivity contribution in [3.63, 3.8) is 0 Å². The lowest BCUT2D eigenvalue weighted by molar-refractivity contribution is 0.137. The van der Waals surface area contributed by atoms with Crippen LogP contribution in [0.25, 0.3) is 0 Å². The monoisotopic (exact) mass is 298 g/mol. The van der Waals surface area contributed by atoms with Crippen molar-refractivity contribution in [2.45, 2.75) is 38.4 Å². The van der Waals surface area contributed by atoms with Gasteiger partial charge in [0, 0.05) is 25.0 Å². The van der Waals surface area contributed by atoms with Crippen LogP contribution in [0.1, 0.15) is 42.3 Å². The molecule has 0 spiro atoms. The number of likely N-dealkylation sites (tertiary alicyclic amines) is 1. The van der Waals surface area contributed by atoms with Gasteiger partial charge >= 0.3 is 0 Å². The number of rotatable bonds is 5. The molecule has 22 heavy (non-hydrogen) atoms. The van der Waals surface area contributed by atoms with E-state index in [9.17, 15) is 0 Å². The second-order valence-corrected chi connectivity index (χ2v) is 6.50. The van der Waals surface area contributed by atoms with Crippen molar-refractivity contribution in [1.82, 2.24) is 19.8 Å². The molecule has 1 saturated heterocycles. The topological polar surface area (TPSA) is 35.2 Å². The third kappa shape index (κ3) is 3.76. The molecule has 0 unspecified atom stereocenters. The Kier molecular flexibility index (Phi) is 4.90. The fourth-order valence-corrected chi connectivity index (χ4v) is 3.34. The minimum atomic E-state index is 0.521. The van der Waals surface area contributed by atoms with E-state index in [1.807, 2.05) is 12.4 Å². The zero-order valence-electron chi connectivity index (χ0n) is 13.6. The lowest BCUT2D eigenvalue weighted by atomic mass is 9.94. The zero-order chi connectivity index (χ0) is 15.4. The van der Waals surface area contributed by atoms with E-state index >= 15 is 0 Å². The molecule has 1 N–H and O–H groups in total. The Morgan fingerprint density at radius 3 is 2.73 bits per heavy atom. The fraction of sp³-hybridized carbons (Fsp3) is 0.500. The molecule has 4 nitrogen and oxygen atoms in total. The van der Waals surface area contributed by atoms with Crippen molar-refractivity contribution in [3.8, 4) is 0 Å². The van der Waals surface area contributed by atoms with Crippen molar-refractivity contribution >= 4 is 0 Å². The van der Waals surface area contributed by atoms with E-state index in [1.165, 1.54) is 30.4 Å². The summed E-state index contributed by atoms with van der Waals surface area (Å²) in [5.74, 6) is 1.07. The number of hydrogen-bond acceptors (Lipinski definition) is 3. The first-order valence-electron chi connectivity index (χ1n) is 8.18. The van der Waals surface area contributed by atoms with Gasteiger partial charge in [-0.25, -0.2) is 4.98 Å². The summed E-state index contributed by atoms with van der Waals surface area (Å²) < 4.78 is 0. The van der Waals surface area contributed by atoms with Gasteiger partial charge in [-0.3, -0.25) is 4.90 Å². The quantitative estimate of drug-likeness (QED) is 0.920. The molecule has 1 fully saturated rings. The predicted octanol–water partition coefficient (Wildman–Crippen LogP) is 3.20. The Balaban J connectivity index is 1.72. The van der Waals surface area contributed by atoms with Crippen LogP contribution in [0.4, 0.5) is 0 Å². The van der Waals surface area contributed by atoms with Crippen LogP contribution < -0.4 is 0 Å². The third-order valence-electron chi connectivity index (χ3n) is 4.38. The van der Waals surface area contributed by atoms with E-state index in [4.69, 9.17) is 0 Å². The van der Waals surface area contributed by atoms with Gasteiger partial charge in [0.05, 0.1) is 6.54 Å². The third-order valence-corrected chi connectivity index (χ3v) is 4.38. The van der Waals surface area contributed by atoms with Crippen LogP contribution in [-0.4, -0.2) is 40.4 Å². The average Bonchev–Trinajstić information content (AvgIpc) is 3.01. The lowest BCUT2D eigenvalue weighted by Crippen LogP contribution is -2.33. The highest BCUT2D eigenvalue weighted by atomic mass is 15.2. The highest BCUT2D eigenvalue weighted by molar-refractivity contribution is 5.25. The number of benzene rings is 1. The molecular weight excluding hydrogens is 272 g/mol. The van der Waals surface area contributed by atoms with Gasteiger partial charge in [0.2, 0.25) is 0 Å². The summed E-state index contributed by atoms with van der Waals surface area (Å²) in [6, 6.07) is 9.69. The van der Waals surface area contributed by atoms with Gasteiger partial charge in [0.25, 0.3) is 0 Å². The van der Waals surface area contributed by atoms with Crippen LogP contribution in [0, 0.1) is 0 Å². The summed E-state index contributed by atoms with van der Waals surface area (Å²) in [5.41, 5.74) is 2.82. The van der Waals surface area contributed by atoms with Crippen LogP contribution in [0.15, 0.2) is 36.7 Å².